The summed E-state index contributed by atoms with van der Waals surface area (Å²) in [6.45, 7) is 2.35. The number of benzene rings is 2. The van der Waals surface area contributed by atoms with Crippen molar-refractivity contribution in [2.45, 2.75) is 19.9 Å². The van der Waals surface area contributed by atoms with E-state index in [1.807, 2.05) is 12.3 Å². The zero-order valence-electron chi connectivity index (χ0n) is 14.7. The van der Waals surface area contributed by atoms with Crippen LogP contribution in [0.4, 0.5) is 14.5 Å². The highest BCUT2D eigenvalue weighted by molar-refractivity contribution is 7.09. The molecule has 1 heterocycles. The highest BCUT2D eigenvalue weighted by atomic mass is 32.1. The molecule has 3 rings (SSSR count). The van der Waals surface area contributed by atoms with Crippen molar-refractivity contribution in [1.29, 1.82) is 0 Å². The number of carbonyl (C=O) groups excluding carboxylic acids is 1. The quantitative estimate of drug-likeness (QED) is 0.588. The Balaban J connectivity index is 1.67. The average molecular weight is 388 g/mol. The molecule has 27 heavy (non-hydrogen) atoms. The van der Waals surface area contributed by atoms with Gasteiger partial charge < -0.3 is 9.64 Å². The maximum Gasteiger partial charge on any atom is 0.230 e. The topological polar surface area (TPSA) is 42.4 Å². The van der Waals surface area contributed by atoms with Crippen molar-refractivity contribution in [3.8, 4) is 5.75 Å². The monoisotopic (exact) mass is 388 g/mol. The third-order valence-electron chi connectivity index (χ3n) is 3.82. The fraction of sp³-hybridized carbons (Fsp3) is 0.200. The first kappa shape index (κ1) is 19.0. The van der Waals surface area contributed by atoms with Gasteiger partial charge in [0.25, 0.3) is 0 Å². The summed E-state index contributed by atoms with van der Waals surface area (Å²) in [6, 6.07) is 11.4. The molecule has 0 aliphatic rings. The molecule has 0 aliphatic heterocycles. The number of amides is 1. The molecule has 0 spiro atoms. The van der Waals surface area contributed by atoms with E-state index < -0.39 is 0 Å². The molecular weight excluding hydrogens is 370 g/mol. The molecule has 2 aromatic carbocycles. The second-order valence-electron chi connectivity index (χ2n) is 5.87. The molecule has 0 bridgehead atoms. The zero-order valence-corrected chi connectivity index (χ0v) is 15.5. The number of anilines is 1. The molecule has 140 valence electrons. The Morgan fingerprint density at radius 2 is 1.70 bits per heavy atom. The first-order chi connectivity index (χ1) is 13.0. The van der Waals surface area contributed by atoms with Gasteiger partial charge >= 0.3 is 0 Å². The van der Waals surface area contributed by atoms with Crippen LogP contribution in [0.25, 0.3) is 0 Å². The van der Waals surface area contributed by atoms with E-state index >= 15 is 0 Å². The highest BCUT2D eigenvalue weighted by Crippen LogP contribution is 2.20. The smallest absolute Gasteiger partial charge is 0.230 e. The Bertz CT molecular complexity index is 895. The second-order valence-corrected chi connectivity index (χ2v) is 6.93. The van der Waals surface area contributed by atoms with E-state index in [2.05, 4.69) is 4.98 Å². The molecule has 7 heteroatoms. The predicted octanol–water partition coefficient (Wildman–Crippen LogP) is 4.73. The maximum atomic E-state index is 13.2. The third kappa shape index (κ3) is 5.34. The molecular formula is C20H18F2N2O2S. The number of aromatic nitrogens is 1. The van der Waals surface area contributed by atoms with Gasteiger partial charge in [0.15, 0.2) is 0 Å². The van der Waals surface area contributed by atoms with Crippen LogP contribution in [-0.4, -0.2) is 17.5 Å². The van der Waals surface area contributed by atoms with Crippen molar-refractivity contribution in [1.82, 2.24) is 4.98 Å². The first-order valence-corrected chi connectivity index (χ1v) is 9.24. The van der Waals surface area contributed by atoms with Gasteiger partial charge in [0, 0.05) is 11.1 Å². The predicted molar refractivity (Wildman–Crippen MR) is 101 cm³/mol. The van der Waals surface area contributed by atoms with Crippen LogP contribution >= 0.6 is 11.3 Å². The lowest BCUT2D eigenvalue weighted by atomic mass is 10.2. The number of thiazole rings is 1. The van der Waals surface area contributed by atoms with E-state index in [1.54, 1.807) is 17.0 Å². The molecule has 0 unspecified atom stereocenters. The Hall–Kier alpha value is -2.80. The minimum absolute atomic E-state index is 0.123. The summed E-state index contributed by atoms with van der Waals surface area (Å²) in [4.78, 5) is 18.7. The molecule has 3 aromatic rings. The number of nitrogens with zero attached hydrogens (tertiary/aromatic N) is 2. The van der Waals surface area contributed by atoms with Gasteiger partial charge in [-0.3, -0.25) is 4.79 Å². The van der Waals surface area contributed by atoms with E-state index in [4.69, 9.17) is 4.74 Å². The van der Waals surface area contributed by atoms with Crippen LogP contribution in [0.1, 0.15) is 17.1 Å². The molecule has 4 nitrogen and oxygen atoms in total. The molecule has 1 amide bonds. The van der Waals surface area contributed by atoms with Crippen molar-refractivity contribution >= 4 is 22.9 Å². The van der Waals surface area contributed by atoms with Gasteiger partial charge in [-0.15, -0.1) is 11.3 Å². The van der Waals surface area contributed by atoms with Crippen LogP contribution in [0, 0.1) is 18.6 Å². The van der Waals surface area contributed by atoms with Crippen LogP contribution < -0.4 is 9.64 Å². The maximum absolute atomic E-state index is 13.2. The van der Waals surface area contributed by atoms with Gasteiger partial charge in [0.1, 0.15) is 17.4 Å². The number of hydrogen-bond donors (Lipinski definition) is 0. The van der Waals surface area contributed by atoms with E-state index in [1.165, 1.54) is 47.7 Å². The van der Waals surface area contributed by atoms with Crippen LogP contribution in [-0.2, 0) is 11.3 Å². The van der Waals surface area contributed by atoms with Crippen molar-refractivity contribution in [3.63, 3.8) is 0 Å². The normalized spacial score (nSPS) is 10.6. The van der Waals surface area contributed by atoms with E-state index in [-0.39, 0.29) is 30.6 Å². The number of aryl methyl sites for hydroxylation is 1. The highest BCUT2D eigenvalue weighted by Gasteiger charge is 2.18. The molecule has 0 radical (unpaired) electrons. The fourth-order valence-electron chi connectivity index (χ4n) is 2.51. The number of carbonyl (C=O) groups is 1. The summed E-state index contributed by atoms with van der Waals surface area (Å²) in [5, 5.41) is 2.81. The number of ether oxygens (including phenoxy) is 1. The molecule has 0 fully saturated rings. The van der Waals surface area contributed by atoms with E-state index in [0.29, 0.717) is 18.0 Å². The largest absolute Gasteiger partial charge is 0.493 e. The number of hydrogen-bond acceptors (Lipinski definition) is 4. The van der Waals surface area contributed by atoms with Crippen LogP contribution in [0.5, 0.6) is 5.75 Å². The Labute approximate surface area is 160 Å². The van der Waals surface area contributed by atoms with E-state index in [9.17, 15) is 13.6 Å². The summed E-state index contributed by atoms with van der Waals surface area (Å²) in [5.74, 6) is -0.392. The second kappa shape index (κ2) is 8.73. The molecule has 0 aliphatic carbocycles. The van der Waals surface area contributed by atoms with Crippen molar-refractivity contribution in [2.24, 2.45) is 0 Å². The summed E-state index contributed by atoms with van der Waals surface area (Å²) >= 11 is 1.51. The van der Waals surface area contributed by atoms with Gasteiger partial charge in [-0.2, -0.15) is 0 Å². The van der Waals surface area contributed by atoms with Gasteiger partial charge in [0.2, 0.25) is 5.91 Å². The molecule has 0 N–H and O–H groups in total. The van der Waals surface area contributed by atoms with Gasteiger partial charge in [-0.1, -0.05) is 0 Å². The number of rotatable bonds is 7. The fourth-order valence-corrected chi connectivity index (χ4v) is 3.11. The Morgan fingerprint density at radius 3 is 2.30 bits per heavy atom. The molecule has 0 saturated carbocycles. The van der Waals surface area contributed by atoms with Gasteiger partial charge in [0.05, 0.1) is 30.3 Å². The minimum Gasteiger partial charge on any atom is -0.493 e. The van der Waals surface area contributed by atoms with Gasteiger partial charge in [-0.05, 0) is 55.5 Å². The Morgan fingerprint density at radius 1 is 1.07 bits per heavy atom. The van der Waals surface area contributed by atoms with Crippen molar-refractivity contribution < 1.29 is 18.3 Å². The number of halogens is 2. The summed E-state index contributed by atoms with van der Waals surface area (Å²) in [7, 11) is 0. The lowest BCUT2D eigenvalue weighted by Gasteiger charge is -2.22. The third-order valence-corrected chi connectivity index (χ3v) is 4.65. The van der Waals surface area contributed by atoms with E-state index in [0.717, 1.165) is 10.7 Å². The zero-order chi connectivity index (χ0) is 19.2. The standard InChI is InChI=1S/C20H18F2N2O2S/c1-14-23-17(13-27-14)12-24(18-6-2-15(21)3-7-18)20(25)10-11-26-19-8-4-16(22)5-9-19/h2-9,13H,10-12H2,1H3. The Kier molecular flexibility index (Phi) is 6.13. The average Bonchev–Trinajstić information content (AvgIpc) is 3.07. The molecule has 1 aromatic heterocycles. The van der Waals surface area contributed by atoms with Crippen molar-refractivity contribution in [2.75, 3.05) is 11.5 Å². The summed E-state index contributed by atoms with van der Waals surface area (Å²) < 4.78 is 31.7. The van der Waals surface area contributed by atoms with Crippen LogP contribution in [0.3, 0.4) is 0 Å². The van der Waals surface area contributed by atoms with Crippen LogP contribution in [0.15, 0.2) is 53.9 Å². The van der Waals surface area contributed by atoms with Crippen LogP contribution in [0.2, 0.25) is 0 Å². The minimum atomic E-state index is -0.365. The lowest BCUT2D eigenvalue weighted by molar-refractivity contribution is -0.119. The summed E-state index contributed by atoms with van der Waals surface area (Å²) in [5.41, 5.74) is 1.36. The first-order valence-electron chi connectivity index (χ1n) is 8.36. The molecule has 0 saturated heterocycles. The summed E-state index contributed by atoms with van der Waals surface area (Å²) in [6.07, 6.45) is 0.123. The molecule has 0 atom stereocenters. The SMILES string of the molecule is Cc1nc(CN(C(=O)CCOc2ccc(F)cc2)c2ccc(F)cc2)cs1. The van der Waals surface area contributed by atoms with Gasteiger partial charge in [-0.25, -0.2) is 13.8 Å². The van der Waals surface area contributed by atoms with Crippen molar-refractivity contribution in [3.05, 3.63) is 76.2 Å². The lowest BCUT2D eigenvalue weighted by Crippen LogP contribution is -2.31.